The lowest BCUT2D eigenvalue weighted by molar-refractivity contribution is 0.0539. The quantitative estimate of drug-likeness (QED) is 0.782. The second-order valence-corrected chi connectivity index (χ2v) is 5.77. The Kier molecular flexibility index (Phi) is 3.92. The number of fused-ring (bicyclic) bond motifs is 1. The first-order valence-corrected chi connectivity index (χ1v) is 7.51. The first kappa shape index (κ1) is 14.1. The fraction of sp³-hybridized carbons (Fsp3) is 0.643. The van der Waals surface area contributed by atoms with E-state index in [1.165, 1.54) is 0 Å². The minimum Gasteiger partial charge on any atom is -0.379 e. The molecule has 1 aliphatic rings. The molecule has 114 valence electrons. The number of hydrogen-bond acceptors (Lipinski definition) is 6. The van der Waals surface area contributed by atoms with Crippen molar-refractivity contribution in [3.05, 3.63) is 6.33 Å². The van der Waals surface area contributed by atoms with Gasteiger partial charge in [0.1, 0.15) is 5.52 Å². The largest absolute Gasteiger partial charge is 0.379 e. The van der Waals surface area contributed by atoms with Crippen LogP contribution in [0.2, 0.25) is 0 Å². The average molecular weight is 290 g/mol. The first-order chi connectivity index (χ1) is 10.2. The third-order valence-corrected chi connectivity index (χ3v) is 3.68. The van der Waals surface area contributed by atoms with Gasteiger partial charge in [0, 0.05) is 13.2 Å². The molecule has 0 amide bonds. The molecule has 3 rings (SSSR count). The Balaban J connectivity index is 1.90. The molecule has 1 saturated heterocycles. The maximum absolute atomic E-state index is 5.60. The van der Waals surface area contributed by atoms with Gasteiger partial charge in [0.25, 0.3) is 0 Å². The van der Waals surface area contributed by atoms with Gasteiger partial charge in [-0.1, -0.05) is 6.92 Å². The molecule has 3 N–H and O–H groups in total. The summed E-state index contributed by atoms with van der Waals surface area (Å²) in [5, 5.41) is 6.73. The molecule has 2 aromatic rings. The van der Waals surface area contributed by atoms with Crippen LogP contribution in [0.5, 0.6) is 0 Å². The summed E-state index contributed by atoms with van der Waals surface area (Å²) < 4.78 is 5.60. The maximum Gasteiger partial charge on any atom is 0.226 e. The number of hydrogen-bond donors (Lipinski definition) is 3. The fourth-order valence-corrected chi connectivity index (χ4v) is 2.56. The van der Waals surface area contributed by atoms with Crippen LogP contribution in [-0.4, -0.2) is 45.2 Å². The molecule has 0 radical (unpaired) electrons. The Morgan fingerprint density at radius 2 is 2.33 bits per heavy atom. The van der Waals surface area contributed by atoms with Crippen molar-refractivity contribution in [2.24, 2.45) is 0 Å². The summed E-state index contributed by atoms with van der Waals surface area (Å²) in [5.41, 5.74) is 1.41. The second kappa shape index (κ2) is 5.85. The molecular weight excluding hydrogens is 268 g/mol. The van der Waals surface area contributed by atoms with E-state index in [2.05, 4.69) is 44.4 Å². The van der Waals surface area contributed by atoms with Crippen molar-refractivity contribution in [3.63, 3.8) is 0 Å². The Bertz CT molecular complexity index is 605. The molecule has 1 unspecified atom stereocenters. The zero-order chi connectivity index (χ0) is 14.7. The Morgan fingerprint density at radius 3 is 3.10 bits per heavy atom. The predicted octanol–water partition coefficient (Wildman–Crippen LogP) is 2.16. The van der Waals surface area contributed by atoms with E-state index >= 15 is 0 Å². The summed E-state index contributed by atoms with van der Waals surface area (Å²) in [6.45, 7) is 6.64. The van der Waals surface area contributed by atoms with Crippen molar-refractivity contribution in [1.82, 2.24) is 19.9 Å². The van der Waals surface area contributed by atoms with Crippen LogP contribution in [0, 0.1) is 0 Å². The fourth-order valence-electron chi connectivity index (χ4n) is 2.56. The topological polar surface area (TPSA) is 87.8 Å². The monoisotopic (exact) mass is 290 g/mol. The van der Waals surface area contributed by atoms with Gasteiger partial charge in [0.15, 0.2) is 11.5 Å². The normalized spacial score (nSPS) is 22.4. The van der Waals surface area contributed by atoms with Crippen LogP contribution in [0.4, 0.5) is 11.8 Å². The van der Waals surface area contributed by atoms with E-state index in [1.807, 2.05) is 0 Å². The van der Waals surface area contributed by atoms with Crippen LogP contribution in [0.15, 0.2) is 6.33 Å². The number of rotatable bonds is 5. The van der Waals surface area contributed by atoms with Crippen molar-refractivity contribution >= 4 is 22.9 Å². The summed E-state index contributed by atoms with van der Waals surface area (Å²) in [6, 6.07) is 0. The molecule has 1 fully saturated rings. The summed E-state index contributed by atoms with van der Waals surface area (Å²) in [5.74, 6) is 1.39. The number of nitrogens with one attached hydrogen (secondary N) is 3. The lowest BCUT2D eigenvalue weighted by Gasteiger charge is -2.34. The highest BCUT2D eigenvalue weighted by atomic mass is 16.5. The SMILES string of the molecule is CCCNc1nc(NC2(C)CCCOC2)c2[nH]cnc2n1. The molecule has 1 atom stereocenters. The van der Waals surface area contributed by atoms with E-state index in [0.717, 1.165) is 43.7 Å². The van der Waals surface area contributed by atoms with Crippen molar-refractivity contribution in [3.8, 4) is 0 Å². The van der Waals surface area contributed by atoms with Crippen molar-refractivity contribution in [2.45, 2.75) is 38.6 Å². The van der Waals surface area contributed by atoms with Gasteiger partial charge in [-0.2, -0.15) is 9.97 Å². The van der Waals surface area contributed by atoms with Crippen LogP contribution in [0.25, 0.3) is 11.2 Å². The number of anilines is 2. The highest BCUT2D eigenvalue weighted by molar-refractivity contribution is 5.84. The molecule has 0 aliphatic carbocycles. The first-order valence-electron chi connectivity index (χ1n) is 7.51. The van der Waals surface area contributed by atoms with Gasteiger partial charge in [-0.15, -0.1) is 0 Å². The summed E-state index contributed by atoms with van der Waals surface area (Å²) in [7, 11) is 0. The molecule has 3 heterocycles. The minimum absolute atomic E-state index is 0.104. The molecule has 0 spiro atoms. The van der Waals surface area contributed by atoms with Crippen LogP contribution >= 0.6 is 0 Å². The zero-order valence-corrected chi connectivity index (χ0v) is 12.6. The van der Waals surface area contributed by atoms with Crippen molar-refractivity contribution in [2.75, 3.05) is 30.4 Å². The van der Waals surface area contributed by atoms with Crippen LogP contribution in [0.3, 0.4) is 0 Å². The smallest absolute Gasteiger partial charge is 0.226 e. The van der Waals surface area contributed by atoms with Crippen LogP contribution in [-0.2, 0) is 4.74 Å². The van der Waals surface area contributed by atoms with Gasteiger partial charge in [-0.3, -0.25) is 0 Å². The van der Waals surface area contributed by atoms with Crippen molar-refractivity contribution < 1.29 is 4.74 Å². The van der Waals surface area contributed by atoms with E-state index in [-0.39, 0.29) is 5.54 Å². The highest BCUT2D eigenvalue weighted by Crippen LogP contribution is 2.27. The second-order valence-electron chi connectivity index (χ2n) is 5.77. The van der Waals surface area contributed by atoms with E-state index in [1.54, 1.807) is 6.33 Å². The number of ether oxygens (including phenoxy) is 1. The average Bonchev–Trinajstić information content (AvgIpc) is 2.94. The lowest BCUT2D eigenvalue weighted by atomic mass is 9.95. The van der Waals surface area contributed by atoms with E-state index < -0.39 is 0 Å². The van der Waals surface area contributed by atoms with Crippen LogP contribution in [0.1, 0.15) is 33.1 Å². The summed E-state index contributed by atoms with van der Waals surface area (Å²) in [4.78, 5) is 16.4. The van der Waals surface area contributed by atoms with Gasteiger partial charge in [-0.25, -0.2) is 4.98 Å². The third-order valence-electron chi connectivity index (χ3n) is 3.68. The highest BCUT2D eigenvalue weighted by Gasteiger charge is 2.29. The zero-order valence-electron chi connectivity index (χ0n) is 12.6. The molecule has 0 saturated carbocycles. The molecular formula is C14H22N6O. The summed E-state index contributed by atoms with van der Waals surface area (Å²) >= 11 is 0. The number of aromatic amines is 1. The molecule has 2 aromatic heterocycles. The van der Waals surface area contributed by atoms with E-state index in [9.17, 15) is 0 Å². The molecule has 7 nitrogen and oxygen atoms in total. The van der Waals surface area contributed by atoms with Gasteiger partial charge < -0.3 is 20.4 Å². The minimum atomic E-state index is -0.104. The Labute approximate surface area is 123 Å². The Morgan fingerprint density at radius 1 is 1.43 bits per heavy atom. The molecule has 0 aromatic carbocycles. The van der Waals surface area contributed by atoms with Gasteiger partial charge in [0.2, 0.25) is 5.95 Å². The predicted molar refractivity (Wildman–Crippen MR) is 82.5 cm³/mol. The van der Waals surface area contributed by atoms with E-state index in [4.69, 9.17) is 4.74 Å². The van der Waals surface area contributed by atoms with Gasteiger partial charge in [-0.05, 0) is 26.2 Å². The standard InChI is InChI=1S/C14H22N6O/c1-3-6-15-13-18-11-10(16-9-17-11)12(19-13)20-14(2)5-4-7-21-8-14/h9H,3-8H2,1-2H3,(H3,15,16,17,18,19,20). The molecule has 1 aliphatic heterocycles. The number of aromatic nitrogens is 4. The number of H-pyrrole nitrogens is 1. The molecule has 7 heteroatoms. The van der Waals surface area contributed by atoms with Crippen LogP contribution < -0.4 is 10.6 Å². The summed E-state index contributed by atoms with van der Waals surface area (Å²) in [6.07, 6.45) is 4.79. The number of imidazole rings is 1. The van der Waals surface area contributed by atoms with E-state index in [0.29, 0.717) is 18.2 Å². The Hall–Kier alpha value is -1.89. The van der Waals surface area contributed by atoms with Gasteiger partial charge >= 0.3 is 0 Å². The third kappa shape index (κ3) is 3.07. The van der Waals surface area contributed by atoms with Crippen molar-refractivity contribution in [1.29, 1.82) is 0 Å². The molecule has 21 heavy (non-hydrogen) atoms. The number of nitrogens with zero attached hydrogens (tertiary/aromatic N) is 3. The maximum atomic E-state index is 5.60. The molecule has 0 bridgehead atoms. The lowest BCUT2D eigenvalue weighted by Crippen LogP contribution is -2.43. The van der Waals surface area contributed by atoms with Gasteiger partial charge in [0.05, 0.1) is 18.5 Å².